The Morgan fingerprint density at radius 2 is 1.65 bits per heavy atom. The van der Waals surface area contributed by atoms with E-state index < -0.39 is 68.3 Å². The molecule has 1 heterocycles. The molecule has 1 aliphatic heterocycles. The van der Waals surface area contributed by atoms with E-state index in [0.29, 0.717) is 0 Å². The van der Waals surface area contributed by atoms with Gasteiger partial charge in [-0.05, 0) is 0 Å². The molecule has 136 valence electrons. The zero-order chi connectivity index (χ0) is 17.7. The number of aliphatic hydroxyl groups is 8. The second kappa shape index (κ2) is 8.94. The zero-order valence-electron chi connectivity index (χ0n) is 12.0. The van der Waals surface area contributed by atoms with Crippen molar-refractivity contribution in [1.29, 1.82) is 0 Å². The molecule has 0 aromatic carbocycles. The lowest BCUT2D eigenvalue weighted by Crippen LogP contribution is -2.61. The first-order chi connectivity index (χ1) is 10.8. The van der Waals surface area contributed by atoms with Gasteiger partial charge >= 0.3 is 0 Å². The summed E-state index contributed by atoms with van der Waals surface area (Å²) in [5.74, 6) is 0. The average molecular weight is 342 g/mol. The van der Waals surface area contributed by atoms with Crippen molar-refractivity contribution in [1.82, 2.24) is 0 Å². The summed E-state index contributed by atoms with van der Waals surface area (Å²) in [6.45, 7) is -1.64. The largest absolute Gasteiger partial charge is 0.394 e. The van der Waals surface area contributed by atoms with Crippen LogP contribution < -0.4 is 0 Å². The number of hydrogen-bond donors (Lipinski definition) is 8. The van der Waals surface area contributed by atoms with Crippen molar-refractivity contribution in [2.45, 2.75) is 55.1 Å². The lowest BCUT2D eigenvalue weighted by Gasteiger charge is -2.42. The van der Waals surface area contributed by atoms with E-state index in [4.69, 9.17) is 19.7 Å². The molecule has 11 heteroatoms. The van der Waals surface area contributed by atoms with E-state index in [1.807, 2.05) is 0 Å². The Morgan fingerprint density at radius 3 is 2.13 bits per heavy atom. The highest BCUT2D eigenvalue weighted by Gasteiger charge is 2.46. The first-order valence-electron chi connectivity index (χ1n) is 6.84. The van der Waals surface area contributed by atoms with Crippen LogP contribution in [0.25, 0.3) is 0 Å². The number of carbonyl (C=O) groups excluding carboxylic acids is 1. The summed E-state index contributed by atoms with van der Waals surface area (Å²) in [4.78, 5) is 10.5. The summed E-state index contributed by atoms with van der Waals surface area (Å²) in [5.41, 5.74) is 0. The van der Waals surface area contributed by atoms with E-state index in [9.17, 15) is 35.4 Å². The maximum absolute atomic E-state index is 10.5. The van der Waals surface area contributed by atoms with E-state index in [1.54, 1.807) is 0 Å². The average Bonchev–Trinajstić information content (AvgIpc) is 2.57. The fourth-order valence-electron chi connectivity index (χ4n) is 2.11. The first kappa shape index (κ1) is 20.3. The molecule has 0 aromatic rings. The van der Waals surface area contributed by atoms with Crippen LogP contribution in [0.1, 0.15) is 0 Å². The third kappa shape index (κ3) is 4.64. The Balaban J connectivity index is 2.91. The molecule has 0 saturated carbocycles. The Labute approximate surface area is 130 Å². The minimum atomic E-state index is -1.97. The van der Waals surface area contributed by atoms with Crippen LogP contribution in [0.2, 0.25) is 0 Å². The molecule has 1 aliphatic rings. The van der Waals surface area contributed by atoms with E-state index in [1.165, 1.54) is 0 Å². The standard InChI is InChI=1S/C12H22O11/c13-1-4(16)7(18)11(5(17)2-14)23-12-10(21)9(20)8(19)6(3-15)22-12/h1,4-12,14-21H,2-3H2/t4-,5+,6+,7+,8-,9-,10-,11+,12-/m0/s1. The summed E-state index contributed by atoms with van der Waals surface area (Å²) < 4.78 is 10.1. The molecule has 11 nitrogen and oxygen atoms in total. The summed E-state index contributed by atoms with van der Waals surface area (Å²) in [6.07, 6.45) is -15.7. The fraction of sp³-hybridized carbons (Fsp3) is 0.917. The molecular formula is C12H22O11. The van der Waals surface area contributed by atoms with Gasteiger partial charge in [0, 0.05) is 0 Å². The van der Waals surface area contributed by atoms with Gasteiger partial charge in [-0.1, -0.05) is 0 Å². The minimum Gasteiger partial charge on any atom is -0.394 e. The van der Waals surface area contributed by atoms with Crippen LogP contribution in [0.15, 0.2) is 0 Å². The number of hydrogen-bond acceptors (Lipinski definition) is 11. The minimum absolute atomic E-state index is 0.0294. The first-order valence-corrected chi connectivity index (χ1v) is 6.84. The van der Waals surface area contributed by atoms with Crippen LogP contribution in [0.5, 0.6) is 0 Å². The third-order valence-corrected chi connectivity index (χ3v) is 3.53. The maximum atomic E-state index is 10.5. The highest BCUT2D eigenvalue weighted by Crippen LogP contribution is 2.24. The van der Waals surface area contributed by atoms with E-state index >= 15 is 0 Å². The summed E-state index contributed by atoms with van der Waals surface area (Å²) in [7, 11) is 0. The normalized spacial score (nSPS) is 37.0. The molecule has 23 heavy (non-hydrogen) atoms. The molecule has 9 atom stereocenters. The summed E-state index contributed by atoms with van der Waals surface area (Å²) in [5, 5.41) is 75.7. The molecule has 1 fully saturated rings. The Bertz CT molecular complexity index is 365. The molecule has 0 spiro atoms. The molecule has 1 rings (SSSR count). The van der Waals surface area contributed by atoms with Crippen molar-refractivity contribution < 1.29 is 55.1 Å². The van der Waals surface area contributed by atoms with Gasteiger partial charge in [0.05, 0.1) is 13.2 Å². The van der Waals surface area contributed by atoms with Gasteiger partial charge in [-0.25, -0.2) is 0 Å². The number of rotatable bonds is 8. The summed E-state index contributed by atoms with van der Waals surface area (Å²) in [6, 6.07) is 0. The van der Waals surface area contributed by atoms with Crippen LogP contribution in [0.4, 0.5) is 0 Å². The van der Waals surface area contributed by atoms with Gasteiger partial charge < -0.3 is 55.1 Å². The van der Waals surface area contributed by atoms with Crippen LogP contribution in [-0.2, 0) is 14.3 Å². The molecule has 0 bridgehead atoms. The van der Waals surface area contributed by atoms with Crippen molar-refractivity contribution >= 4 is 6.29 Å². The predicted octanol–water partition coefficient (Wildman–Crippen LogP) is -5.55. The molecule has 8 N–H and O–H groups in total. The molecular weight excluding hydrogens is 320 g/mol. The van der Waals surface area contributed by atoms with Crippen LogP contribution >= 0.6 is 0 Å². The van der Waals surface area contributed by atoms with Gasteiger partial charge in [-0.2, -0.15) is 0 Å². The molecule has 1 saturated heterocycles. The van der Waals surface area contributed by atoms with E-state index in [0.717, 1.165) is 0 Å². The summed E-state index contributed by atoms with van der Waals surface area (Å²) >= 11 is 0. The van der Waals surface area contributed by atoms with Gasteiger partial charge in [0.1, 0.15) is 48.8 Å². The highest BCUT2D eigenvalue weighted by molar-refractivity contribution is 5.56. The monoisotopic (exact) mass is 342 g/mol. The Kier molecular flexibility index (Phi) is 7.89. The Morgan fingerprint density at radius 1 is 1.04 bits per heavy atom. The van der Waals surface area contributed by atoms with Gasteiger partial charge in [0.25, 0.3) is 0 Å². The van der Waals surface area contributed by atoms with Crippen molar-refractivity contribution in [3.8, 4) is 0 Å². The smallest absolute Gasteiger partial charge is 0.187 e. The Hall–Kier alpha value is -0.730. The lowest BCUT2D eigenvalue weighted by atomic mass is 9.98. The molecule has 0 aromatic heterocycles. The molecule has 0 aliphatic carbocycles. The fourth-order valence-corrected chi connectivity index (χ4v) is 2.11. The lowest BCUT2D eigenvalue weighted by molar-refractivity contribution is -0.326. The van der Waals surface area contributed by atoms with E-state index in [-0.39, 0.29) is 6.29 Å². The predicted molar refractivity (Wildman–Crippen MR) is 69.8 cm³/mol. The van der Waals surface area contributed by atoms with Crippen molar-refractivity contribution in [3.63, 3.8) is 0 Å². The van der Waals surface area contributed by atoms with Crippen molar-refractivity contribution in [2.75, 3.05) is 13.2 Å². The number of aliphatic hydroxyl groups excluding tert-OH is 8. The van der Waals surface area contributed by atoms with Gasteiger partial charge in [0.2, 0.25) is 0 Å². The van der Waals surface area contributed by atoms with Crippen LogP contribution in [-0.4, -0.2) is 115 Å². The van der Waals surface area contributed by atoms with Gasteiger partial charge in [0.15, 0.2) is 12.6 Å². The number of carbonyl (C=O) groups is 1. The number of ether oxygens (including phenoxy) is 2. The SMILES string of the molecule is O=C[C@H](O)[C@@H](O)[C@H](O[C@@H]1O[C@H](CO)[C@H](O)[C@H](O)[C@@H]1O)[C@H](O)CO. The topological polar surface area (TPSA) is 197 Å². The van der Waals surface area contributed by atoms with Gasteiger partial charge in [-0.15, -0.1) is 0 Å². The third-order valence-electron chi connectivity index (χ3n) is 3.53. The molecule has 0 radical (unpaired) electrons. The van der Waals surface area contributed by atoms with Crippen molar-refractivity contribution in [3.05, 3.63) is 0 Å². The van der Waals surface area contributed by atoms with Crippen LogP contribution in [0.3, 0.4) is 0 Å². The zero-order valence-corrected chi connectivity index (χ0v) is 12.0. The number of aldehydes is 1. The van der Waals surface area contributed by atoms with Crippen molar-refractivity contribution in [2.24, 2.45) is 0 Å². The molecule has 0 amide bonds. The second-order valence-electron chi connectivity index (χ2n) is 5.17. The van der Waals surface area contributed by atoms with Gasteiger partial charge in [-0.3, -0.25) is 0 Å². The molecule has 0 unspecified atom stereocenters. The maximum Gasteiger partial charge on any atom is 0.187 e. The quantitative estimate of drug-likeness (QED) is 0.196. The highest BCUT2D eigenvalue weighted by atomic mass is 16.7. The second-order valence-corrected chi connectivity index (χ2v) is 5.17. The van der Waals surface area contributed by atoms with Crippen LogP contribution in [0, 0.1) is 0 Å². The van der Waals surface area contributed by atoms with E-state index in [2.05, 4.69) is 0 Å².